The minimum Gasteiger partial charge on any atom is -0.502 e. The lowest BCUT2D eigenvalue weighted by atomic mass is 9.87. The molecule has 0 saturated carbocycles. The fraction of sp³-hybridized carbons (Fsp3) is 0.368. The third kappa shape index (κ3) is 5.47. The van der Waals surface area contributed by atoms with Gasteiger partial charge in [0.1, 0.15) is 5.75 Å². The number of methoxy groups -OCH3 is 4. The summed E-state index contributed by atoms with van der Waals surface area (Å²) in [6, 6.07) is 18.2. The molecule has 9 heteroatoms. The Kier molecular flexibility index (Phi) is 8.28. The van der Waals surface area contributed by atoms with E-state index in [-0.39, 0.29) is 17.8 Å². The van der Waals surface area contributed by atoms with E-state index in [0.29, 0.717) is 58.8 Å². The van der Waals surface area contributed by atoms with Gasteiger partial charge in [0.05, 0.1) is 28.4 Å². The Morgan fingerprint density at radius 1 is 0.660 bits per heavy atom. The van der Waals surface area contributed by atoms with Gasteiger partial charge in [0.15, 0.2) is 34.5 Å². The van der Waals surface area contributed by atoms with Gasteiger partial charge in [-0.3, -0.25) is 9.80 Å². The van der Waals surface area contributed by atoms with Gasteiger partial charge in [0.25, 0.3) is 0 Å². The van der Waals surface area contributed by atoms with Crippen LogP contribution in [0.2, 0.25) is 0 Å². The summed E-state index contributed by atoms with van der Waals surface area (Å²) in [6.07, 6.45) is 3.03. The summed E-state index contributed by atoms with van der Waals surface area (Å²) in [4.78, 5) is 4.68. The molecular weight excluding hydrogens is 596 g/mol. The Morgan fingerprint density at radius 2 is 1.34 bits per heavy atom. The molecule has 0 radical (unpaired) electrons. The molecule has 0 aromatic heterocycles. The molecule has 4 aromatic rings. The number of benzene rings is 4. The number of hydrogen-bond donors (Lipinski definition) is 1. The van der Waals surface area contributed by atoms with E-state index in [1.54, 1.807) is 28.4 Å². The number of rotatable bonds is 4. The smallest absolute Gasteiger partial charge is 0.211 e. The van der Waals surface area contributed by atoms with Crippen LogP contribution in [0.15, 0.2) is 54.6 Å². The van der Waals surface area contributed by atoms with Gasteiger partial charge >= 0.3 is 0 Å². The number of aromatic hydroxyl groups is 1. The molecule has 0 fully saturated rings. The molecule has 8 rings (SSSR count). The second-order valence-electron chi connectivity index (χ2n) is 12.6. The topological polar surface area (TPSA) is 82.1 Å². The Hall–Kier alpha value is -4.60. The standard InChI is InChI=1S/C38H42N2O7/c1-39-15-13-23-19-31(43-4)32-21-27(23)28(39)18-25-9-12-30(42-3)37(36(25)45-6)46-26-10-7-22(8-11-26)17-29-34-24(14-16-40(29)2)20-33(44-5)35(41)38(34)47-32/h7-12,19-21,28-29,41H,13-18H2,1-6H3/t28-,29-/m0/s1. The fourth-order valence-corrected chi connectivity index (χ4v) is 7.37. The van der Waals surface area contributed by atoms with Crippen LogP contribution >= 0.6 is 0 Å². The largest absolute Gasteiger partial charge is 0.502 e. The molecule has 0 amide bonds. The van der Waals surface area contributed by atoms with Gasteiger partial charge < -0.3 is 33.5 Å². The zero-order chi connectivity index (χ0) is 32.8. The number of ether oxygens (including phenoxy) is 6. The van der Waals surface area contributed by atoms with Crippen LogP contribution in [0.25, 0.3) is 0 Å². The van der Waals surface area contributed by atoms with E-state index in [4.69, 9.17) is 28.4 Å². The molecule has 2 atom stereocenters. The van der Waals surface area contributed by atoms with E-state index in [1.807, 2.05) is 30.3 Å². The van der Waals surface area contributed by atoms with E-state index >= 15 is 0 Å². The SMILES string of the molecule is COc1cc2c3cc1Oc1c(O)c(OC)cc4c1[C@H](Cc1ccc(cc1)Oc1c(OC)ccc(c1OC)C[C@@H]3N(C)CC2)N(C)CC4. The van der Waals surface area contributed by atoms with Crippen molar-refractivity contribution in [3.63, 3.8) is 0 Å². The lowest BCUT2D eigenvalue weighted by Gasteiger charge is -2.37. The highest BCUT2D eigenvalue weighted by molar-refractivity contribution is 5.63. The number of hydrogen-bond acceptors (Lipinski definition) is 9. The van der Waals surface area contributed by atoms with Crippen LogP contribution in [-0.4, -0.2) is 70.5 Å². The van der Waals surface area contributed by atoms with E-state index in [0.717, 1.165) is 53.7 Å². The molecule has 4 aromatic carbocycles. The molecule has 9 nitrogen and oxygen atoms in total. The zero-order valence-corrected chi connectivity index (χ0v) is 27.9. The highest BCUT2D eigenvalue weighted by atomic mass is 16.5. The van der Waals surface area contributed by atoms with Gasteiger partial charge in [-0.05, 0) is 98.4 Å². The van der Waals surface area contributed by atoms with Gasteiger partial charge in [-0.15, -0.1) is 0 Å². The third-order valence-corrected chi connectivity index (χ3v) is 9.99. The summed E-state index contributed by atoms with van der Waals surface area (Å²) >= 11 is 0. The predicted octanol–water partition coefficient (Wildman–Crippen LogP) is 6.87. The van der Waals surface area contributed by atoms with E-state index in [2.05, 4.69) is 48.2 Å². The van der Waals surface area contributed by atoms with Crippen LogP contribution in [0.4, 0.5) is 0 Å². The van der Waals surface area contributed by atoms with Crippen LogP contribution in [0.5, 0.6) is 51.7 Å². The average molecular weight is 639 g/mol. The Labute approximate surface area is 276 Å². The summed E-state index contributed by atoms with van der Waals surface area (Å²) in [5, 5.41) is 11.7. The van der Waals surface area contributed by atoms with Gasteiger partial charge in [0.2, 0.25) is 11.5 Å². The molecule has 4 aliphatic heterocycles. The van der Waals surface area contributed by atoms with Crippen LogP contribution in [0.1, 0.15) is 45.5 Å². The third-order valence-electron chi connectivity index (χ3n) is 9.99. The lowest BCUT2D eigenvalue weighted by Crippen LogP contribution is -2.34. The van der Waals surface area contributed by atoms with Gasteiger partial charge in [0, 0.05) is 36.3 Å². The van der Waals surface area contributed by atoms with Crippen molar-refractivity contribution in [2.75, 3.05) is 55.6 Å². The van der Waals surface area contributed by atoms with Gasteiger partial charge in [-0.2, -0.15) is 0 Å². The number of fused-ring (bicyclic) bond motifs is 2. The predicted molar refractivity (Wildman–Crippen MR) is 179 cm³/mol. The number of phenolic OH excluding ortho intramolecular Hbond substituents is 1. The summed E-state index contributed by atoms with van der Waals surface area (Å²) in [5.41, 5.74) is 6.50. The zero-order valence-electron chi connectivity index (χ0n) is 27.9. The fourth-order valence-electron chi connectivity index (χ4n) is 7.37. The molecule has 4 aliphatic rings. The second-order valence-corrected chi connectivity index (χ2v) is 12.6. The number of likely N-dealkylation sites (N-methyl/N-ethyl adjacent to an activating group) is 2. The van der Waals surface area contributed by atoms with Crippen molar-refractivity contribution < 1.29 is 33.5 Å². The molecule has 4 heterocycles. The molecular formula is C38H42N2O7. The molecule has 0 unspecified atom stereocenters. The van der Waals surface area contributed by atoms with Crippen molar-refractivity contribution in [3.8, 4) is 51.7 Å². The Bertz CT molecular complexity index is 1810. The number of nitrogens with zero attached hydrogens (tertiary/aromatic N) is 2. The van der Waals surface area contributed by atoms with Crippen LogP contribution in [-0.2, 0) is 25.7 Å². The maximum Gasteiger partial charge on any atom is 0.211 e. The summed E-state index contributed by atoms with van der Waals surface area (Å²) in [7, 11) is 10.8. The van der Waals surface area contributed by atoms with Gasteiger partial charge in [-0.1, -0.05) is 18.2 Å². The van der Waals surface area contributed by atoms with E-state index in [1.165, 1.54) is 5.56 Å². The quantitative estimate of drug-likeness (QED) is 0.258. The molecule has 1 N–H and O–H groups in total. The van der Waals surface area contributed by atoms with Crippen molar-refractivity contribution in [3.05, 3.63) is 88.0 Å². The monoisotopic (exact) mass is 638 g/mol. The Morgan fingerprint density at radius 3 is 2.04 bits per heavy atom. The average Bonchev–Trinajstić information content (AvgIpc) is 3.08. The lowest BCUT2D eigenvalue weighted by molar-refractivity contribution is 0.220. The van der Waals surface area contributed by atoms with E-state index in [9.17, 15) is 5.11 Å². The highest BCUT2D eigenvalue weighted by Gasteiger charge is 2.34. The summed E-state index contributed by atoms with van der Waals surface area (Å²) in [6.45, 7) is 1.74. The molecule has 0 saturated heterocycles. The van der Waals surface area contributed by atoms with E-state index < -0.39 is 0 Å². The maximum atomic E-state index is 11.7. The highest BCUT2D eigenvalue weighted by Crippen LogP contribution is 2.52. The maximum absolute atomic E-state index is 11.7. The molecule has 47 heavy (non-hydrogen) atoms. The van der Waals surface area contributed by atoms with Gasteiger partial charge in [-0.25, -0.2) is 0 Å². The molecule has 0 aliphatic carbocycles. The first-order valence-electron chi connectivity index (χ1n) is 16.1. The minimum absolute atomic E-state index is 0.00650. The summed E-state index contributed by atoms with van der Waals surface area (Å²) in [5.74, 6) is 4.41. The first kappa shape index (κ1) is 31.0. The van der Waals surface area contributed by atoms with Crippen molar-refractivity contribution in [2.45, 2.75) is 37.8 Å². The summed E-state index contributed by atoms with van der Waals surface area (Å²) < 4.78 is 36.7. The molecule has 0 spiro atoms. The first-order chi connectivity index (χ1) is 22.8. The first-order valence-corrected chi connectivity index (χ1v) is 16.1. The minimum atomic E-state index is -0.0596. The van der Waals surface area contributed by atoms with Crippen molar-refractivity contribution in [1.82, 2.24) is 9.80 Å². The van der Waals surface area contributed by atoms with Crippen molar-refractivity contribution >= 4 is 0 Å². The normalized spacial score (nSPS) is 19.0. The second kappa shape index (κ2) is 12.5. The molecule has 246 valence electrons. The van der Waals surface area contributed by atoms with Crippen LogP contribution in [0, 0.1) is 0 Å². The Balaban J connectivity index is 1.47. The van der Waals surface area contributed by atoms with Crippen LogP contribution in [0.3, 0.4) is 0 Å². The molecule has 6 bridgehead atoms. The van der Waals surface area contributed by atoms with Crippen LogP contribution < -0.4 is 28.4 Å². The number of phenols is 1. The van der Waals surface area contributed by atoms with Crippen molar-refractivity contribution in [2.24, 2.45) is 0 Å². The van der Waals surface area contributed by atoms with Crippen molar-refractivity contribution in [1.29, 1.82) is 0 Å².